The van der Waals surface area contributed by atoms with Crippen molar-refractivity contribution in [2.75, 3.05) is 5.73 Å². The van der Waals surface area contributed by atoms with E-state index in [0.29, 0.717) is 17.2 Å². The molecule has 1 saturated carbocycles. The third kappa shape index (κ3) is 1.70. The van der Waals surface area contributed by atoms with Crippen LogP contribution in [0, 0.1) is 11.7 Å². The summed E-state index contributed by atoms with van der Waals surface area (Å²) in [5, 5.41) is 0.246. The molecule has 1 aliphatic rings. The lowest BCUT2D eigenvalue weighted by Crippen LogP contribution is -2.15. The molecule has 1 aromatic carbocycles. The molecular formula is C10H12ClFN2. The van der Waals surface area contributed by atoms with E-state index in [0.717, 1.165) is 12.8 Å². The van der Waals surface area contributed by atoms with Crippen molar-refractivity contribution >= 4 is 17.3 Å². The second kappa shape index (κ2) is 3.41. The number of halogens is 2. The zero-order chi connectivity index (χ0) is 10.3. The lowest BCUT2D eigenvalue weighted by atomic mass is 10.0. The van der Waals surface area contributed by atoms with E-state index in [9.17, 15) is 4.39 Å². The quantitative estimate of drug-likeness (QED) is 0.744. The Kier molecular flexibility index (Phi) is 2.37. The normalized spacial score (nSPS) is 18.2. The fraction of sp³-hybridized carbons (Fsp3) is 0.400. The molecule has 0 aromatic heterocycles. The van der Waals surface area contributed by atoms with Gasteiger partial charge in [-0.3, -0.25) is 0 Å². The number of hydrogen-bond donors (Lipinski definition) is 2. The van der Waals surface area contributed by atoms with Gasteiger partial charge in [-0.25, -0.2) is 4.39 Å². The lowest BCUT2D eigenvalue weighted by Gasteiger charge is -2.14. The summed E-state index contributed by atoms with van der Waals surface area (Å²) in [6, 6.07) is 2.41. The molecule has 1 atom stereocenters. The summed E-state index contributed by atoms with van der Waals surface area (Å²) in [5.41, 5.74) is 12.7. The number of rotatable bonds is 2. The number of anilines is 1. The maximum absolute atomic E-state index is 13.1. The minimum atomic E-state index is -0.379. The number of hydrogen-bond acceptors (Lipinski definition) is 2. The van der Waals surface area contributed by atoms with Gasteiger partial charge in [0, 0.05) is 6.04 Å². The summed E-state index contributed by atoms with van der Waals surface area (Å²) in [5.74, 6) is 0.0606. The largest absolute Gasteiger partial charge is 0.397 e. The summed E-state index contributed by atoms with van der Waals surface area (Å²) < 4.78 is 13.1. The molecular weight excluding hydrogens is 203 g/mol. The van der Waals surface area contributed by atoms with Crippen LogP contribution in [-0.2, 0) is 0 Å². The van der Waals surface area contributed by atoms with Crippen molar-refractivity contribution in [3.05, 3.63) is 28.5 Å². The molecule has 0 amide bonds. The van der Waals surface area contributed by atoms with Gasteiger partial charge in [0.05, 0.1) is 10.7 Å². The lowest BCUT2D eigenvalue weighted by molar-refractivity contribution is 0.603. The molecule has 1 fully saturated rings. The molecule has 1 aromatic rings. The first-order chi connectivity index (χ1) is 6.59. The first-order valence-electron chi connectivity index (χ1n) is 4.59. The van der Waals surface area contributed by atoms with Crippen molar-refractivity contribution in [1.29, 1.82) is 0 Å². The van der Waals surface area contributed by atoms with Crippen molar-refractivity contribution in [3.63, 3.8) is 0 Å². The SMILES string of the molecule is Nc1c(Cl)cc(F)cc1[C@H](N)C1CC1. The molecule has 0 radical (unpaired) electrons. The van der Waals surface area contributed by atoms with Crippen LogP contribution in [0.1, 0.15) is 24.4 Å². The van der Waals surface area contributed by atoms with Gasteiger partial charge in [0.25, 0.3) is 0 Å². The van der Waals surface area contributed by atoms with E-state index in [1.807, 2.05) is 0 Å². The van der Waals surface area contributed by atoms with Crippen molar-refractivity contribution in [1.82, 2.24) is 0 Å². The van der Waals surface area contributed by atoms with E-state index >= 15 is 0 Å². The highest BCUT2D eigenvalue weighted by Crippen LogP contribution is 2.42. The third-order valence-electron chi connectivity index (χ3n) is 2.62. The zero-order valence-electron chi connectivity index (χ0n) is 7.63. The first-order valence-corrected chi connectivity index (χ1v) is 4.97. The Balaban J connectivity index is 2.39. The number of nitrogen functional groups attached to an aromatic ring is 1. The highest BCUT2D eigenvalue weighted by atomic mass is 35.5. The molecule has 4 N–H and O–H groups in total. The van der Waals surface area contributed by atoms with Gasteiger partial charge in [-0.15, -0.1) is 0 Å². The van der Waals surface area contributed by atoms with Crippen LogP contribution in [0.4, 0.5) is 10.1 Å². The predicted octanol–water partition coefficient (Wildman–Crippen LogP) is 2.47. The number of nitrogens with two attached hydrogens (primary N) is 2. The Hall–Kier alpha value is -0.800. The van der Waals surface area contributed by atoms with Crippen molar-refractivity contribution in [3.8, 4) is 0 Å². The van der Waals surface area contributed by atoms with Crippen molar-refractivity contribution in [2.24, 2.45) is 11.7 Å². The highest BCUT2D eigenvalue weighted by Gasteiger charge is 2.31. The van der Waals surface area contributed by atoms with Crippen LogP contribution in [0.25, 0.3) is 0 Å². The third-order valence-corrected chi connectivity index (χ3v) is 2.93. The maximum atomic E-state index is 13.1. The van der Waals surface area contributed by atoms with Crippen LogP contribution in [0.3, 0.4) is 0 Å². The second-order valence-corrected chi connectivity index (χ2v) is 4.16. The van der Waals surface area contributed by atoms with Gasteiger partial charge in [0.2, 0.25) is 0 Å². The van der Waals surface area contributed by atoms with Gasteiger partial charge >= 0.3 is 0 Å². The van der Waals surface area contributed by atoms with Gasteiger partial charge < -0.3 is 11.5 Å². The molecule has 2 nitrogen and oxygen atoms in total. The molecule has 0 heterocycles. The van der Waals surface area contributed by atoms with Crippen LogP contribution < -0.4 is 11.5 Å². The van der Waals surface area contributed by atoms with E-state index in [4.69, 9.17) is 23.1 Å². The Bertz CT molecular complexity index is 363. The molecule has 1 aliphatic carbocycles. The van der Waals surface area contributed by atoms with E-state index in [2.05, 4.69) is 0 Å². The Labute approximate surface area is 87.0 Å². The minimum Gasteiger partial charge on any atom is -0.397 e. The maximum Gasteiger partial charge on any atom is 0.125 e. The van der Waals surface area contributed by atoms with Gasteiger partial charge in [0.15, 0.2) is 0 Å². The Morgan fingerprint density at radius 1 is 1.43 bits per heavy atom. The monoisotopic (exact) mass is 214 g/mol. The van der Waals surface area contributed by atoms with Gasteiger partial charge in [-0.2, -0.15) is 0 Å². The summed E-state index contributed by atoms with van der Waals surface area (Å²) in [4.78, 5) is 0. The summed E-state index contributed by atoms with van der Waals surface area (Å²) in [6.07, 6.45) is 2.18. The van der Waals surface area contributed by atoms with Crippen molar-refractivity contribution in [2.45, 2.75) is 18.9 Å². The van der Waals surface area contributed by atoms with E-state index in [1.54, 1.807) is 0 Å². The Morgan fingerprint density at radius 2 is 2.07 bits per heavy atom. The zero-order valence-corrected chi connectivity index (χ0v) is 8.39. The van der Waals surface area contributed by atoms with Crippen LogP contribution >= 0.6 is 11.6 Å². The van der Waals surface area contributed by atoms with Gasteiger partial charge in [0.1, 0.15) is 5.82 Å². The molecule has 0 unspecified atom stereocenters. The van der Waals surface area contributed by atoms with E-state index in [-0.39, 0.29) is 16.9 Å². The van der Waals surface area contributed by atoms with Crippen LogP contribution in [0.15, 0.2) is 12.1 Å². The molecule has 0 bridgehead atoms. The number of benzene rings is 1. The molecule has 2 rings (SSSR count). The molecule has 14 heavy (non-hydrogen) atoms. The summed E-state index contributed by atoms with van der Waals surface area (Å²) in [7, 11) is 0. The smallest absolute Gasteiger partial charge is 0.125 e. The molecule has 0 aliphatic heterocycles. The minimum absolute atomic E-state index is 0.178. The standard InChI is InChI=1S/C10H12ClFN2/c11-8-4-6(12)3-7(10(8)14)9(13)5-1-2-5/h3-5,9H,1-2,13-14H2/t9-/m1/s1. The van der Waals surface area contributed by atoms with Crippen LogP contribution in [-0.4, -0.2) is 0 Å². The van der Waals surface area contributed by atoms with Crippen LogP contribution in [0.5, 0.6) is 0 Å². The fourth-order valence-electron chi connectivity index (χ4n) is 1.59. The molecule has 4 heteroatoms. The summed E-state index contributed by atoms with van der Waals surface area (Å²) >= 11 is 5.77. The fourth-order valence-corrected chi connectivity index (χ4v) is 1.80. The van der Waals surface area contributed by atoms with Gasteiger partial charge in [-0.1, -0.05) is 11.6 Å². The van der Waals surface area contributed by atoms with Gasteiger partial charge in [-0.05, 0) is 36.5 Å². The topological polar surface area (TPSA) is 52.0 Å². The predicted molar refractivity (Wildman–Crippen MR) is 55.5 cm³/mol. The average Bonchev–Trinajstić information content (AvgIpc) is 2.93. The van der Waals surface area contributed by atoms with Crippen molar-refractivity contribution < 1.29 is 4.39 Å². The molecule has 76 valence electrons. The molecule has 0 saturated heterocycles. The summed E-state index contributed by atoms with van der Waals surface area (Å²) in [6.45, 7) is 0. The molecule has 0 spiro atoms. The van der Waals surface area contributed by atoms with E-state index in [1.165, 1.54) is 12.1 Å². The Morgan fingerprint density at radius 3 is 2.64 bits per heavy atom. The average molecular weight is 215 g/mol. The first kappa shape index (κ1) is 9.74. The van der Waals surface area contributed by atoms with E-state index < -0.39 is 0 Å². The highest BCUT2D eigenvalue weighted by molar-refractivity contribution is 6.33. The van der Waals surface area contributed by atoms with Crippen LogP contribution in [0.2, 0.25) is 5.02 Å². The second-order valence-electron chi connectivity index (χ2n) is 3.75.